The minimum absolute atomic E-state index is 0.295. The minimum atomic E-state index is -4.66. The van der Waals surface area contributed by atoms with Crippen LogP contribution in [0.2, 0.25) is 0 Å². The molecule has 25 heavy (non-hydrogen) atoms. The van der Waals surface area contributed by atoms with Crippen molar-refractivity contribution in [2.75, 3.05) is 10.6 Å². The minimum Gasteiger partial charge on any atom is -0.298 e. The summed E-state index contributed by atoms with van der Waals surface area (Å²) in [6, 6.07) is 7.58. The maximum absolute atomic E-state index is 12.3. The Labute approximate surface area is 138 Å². The Morgan fingerprint density at radius 3 is 1.12 bits per heavy atom. The Kier molecular flexibility index (Phi) is 4.89. The number of anilines is 2. The van der Waals surface area contributed by atoms with E-state index in [0.29, 0.717) is 0 Å². The number of hydrogen-bond acceptors (Lipinski definition) is 4. The van der Waals surface area contributed by atoms with Gasteiger partial charge in [-0.1, -0.05) is 0 Å². The fraction of sp³-hybridized carbons (Fsp3) is 0.143. The van der Waals surface area contributed by atoms with E-state index in [2.05, 4.69) is 0 Å². The number of rotatable bonds is 4. The Morgan fingerprint density at radius 2 is 0.880 bits per heavy atom. The standard InChI is InChI=1S/C14H10F6N2O2S/c15-13(16,17)21-9-1-5-11(6-2-9)25(23,24)12-7-3-10(4-8-12)22-14(18,19)20/h1-8,21-22H. The maximum atomic E-state index is 12.3. The third-order valence-electron chi connectivity index (χ3n) is 2.90. The van der Waals surface area contributed by atoms with E-state index in [-0.39, 0.29) is 21.2 Å². The first-order valence-electron chi connectivity index (χ1n) is 6.52. The lowest BCUT2D eigenvalue weighted by Gasteiger charge is -2.12. The molecule has 0 spiro atoms. The number of halogens is 6. The summed E-state index contributed by atoms with van der Waals surface area (Å²) in [4.78, 5) is -0.589. The molecule has 2 aromatic rings. The molecule has 0 atom stereocenters. The van der Waals surface area contributed by atoms with Crippen molar-refractivity contribution in [2.24, 2.45) is 0 Å². The fourth-order valence-electron chi connectivity index (χ4n) is 1.90. The van der Waals surface area contributed by atoms with Gasteiger partial charge < -0.3 is 0 Å². The van der Waals surface area contributed by atoms with Crippen molar-refractivity contribution in [1.82, 2.24) is 0 Å². The molecule has 2 rings (SSSR count). The van der Waals surface area contributed by atoms with Gasteiger partial charge in [0.05, 0.1) is 9.79 Å². The third-order valence-corrected chi connectivity index (χ3v) is 4.69. The van der Waals surface area contributed by atoms with E-state index in [1.165, 1.54) is 10.6 Å². The molecule has 0 fully saturated rings. The molecule has 0 aliphatic rings. The van der Waals surface area contributed by atoms with Crippen LogP contribution in [0.1, 0.15) is 0 Å². The van der Waals surface area contributed by atoms with Crippen molar-refractivity contribution in [3.8, 4) is 0 Å². The predicted octanol–water partition coefficient (Wildman–Crippen LogP) is 4.38. The summed E-state index contributed by atoms with van der Waals surface area (Å²) in [5, 5.41) is 2.44. The van der Waals surface area contributed by atoms with Crippen LogP contribution in [0.3, 0.4) is 0 Å². The second kappa shape index (κ2) is 6.47. The second-order valence-electron chi connectivity index (χ2n) is 4.80. The molecule has 0 radical (unpaired) electrons. The zero-order chi connectivity index (χ0) is 18.9. The van der Waals surface area contributed by atoms with Gasteiger partial charge in [0.25, 0.3) is 0 Å². The molecule has 0 bridgehead atoms. The first-order chi connectivity index (χ1) is 11.4. The number of sulfone groups is 1. The molecule has 0 aromatic heterocycles. The van der Waals surface area contributed by atoms with E-state index >= 15 is 0 Å². The van der Waals surface area contributed by atoms with Crippen LogP contribution in [0.5, 0.6) is 0 Å². The quantitative estimate of drug-likeness (QED) is 0.607. The van der Waals surface area contributed by atoms with Gasteiger partial charge in [-0.3, -0.25) is 10.6 Å². The highest BCUT2D eigenvalue weighted by atomic mass is 32.2. The number of benzene rings is 2. The first-order valence-corrected chi connectivity index (χ1v) is 8.00. The van der Waals surface area contributed by atoms with Gasteiger partial charge in [-0.2, -0.15) is 26.3 Å². The zero-order valence-electron chi connectivity index (χ0n) is 12.1. The molecule has 0 saturated carbocycles. The average molecular weight is 384 g/mol. The van der Waals surface area contributed by atoms with E-state index in [0.717, 1.165) is 48.5 Å². The highest BCUT2D eigenvalue weighted by Gasteiger charge is 2.28. The molecule has 11 heteroatoms. The lowest BCUT2D eigenvalue weighted by atomic mass is 10.3. The molecular weight excluding hydrogens is 374 g/mol. The van der Waals surface area contributed by atoms with E-state index in [4.69, 9.17) is 0 Å². The summed E-state index contributed by atoms with van der Waals surface area (Å²) >= 11 is 0. The molecule has 2 aromatic carbocycles. The van der Waals surface area contributed by atoms with Gasteiger partial charge in [0.2, 0.25) is 9.84 Å². The number of nitrogens with one attached hydrogen (secondary N) is 2. The monoisotopic (exact) mass is 384 g/mol. The van der Waals surface area contributed by atoms with Crippen LogP contribution >= 0.6 is 0 Å². The Balaban J connectivity index is 2.23. The van der Waals surface area contributed by atoms with Crippen LogP contribution in [-0.4, -0.2) is 21.0 Å². The van der Waals surface area contributed by atoms with Gasteiger partial charge in [-0.05, 0) is 48.5 Å². The van der Waals surface area contributed by atoms with Crippen LogP contribution in [0.25, 0.3) is 0 Å². The molecule has 136 valence electrons. The van der Waals surface area contributed by atoms with Crippen LogP contribution in [0, 0.1) is 0 Å². The Hall–Kier alpha value is -2.43. The first kappa shape index (κ1) is 18.9. The molecule has 0 aliphatic carbocycles. The second-order valence-corrected chi connectivity index (χ2v) is 6.75. The molecule has 0 aliphatic heterocycles. The van der Waals surface area contributed by atoms with E-state index in [9.17, 15) is 34.8 Å². The number of hydrogen-bond donors (Lipinski definition) is 2. The lowest BCUT2D eigenvalue weighted by molar-refractivity contribution is -0.101. The van der Waals surface area contributed by atoms with E-state index in [1.54, 1.807) is 0 Å². The molecule has 0 unspecified atom stereocenters. The van der Waals surface area contributed by atoms with Crippen molar-refractivity contribution >= 4 is 21.2 Å². The fourth-order valence-corrected chi connectivity index (χ4v) is 3.16. The summed E-state index contributed by atoms with van der Waals surface area (Å²) in [7, 11) is -4.08. The smallest absolute Gasteiger partial charge is 0.298 e. The van der Waals surface area contributed by atoms with Gasteiger partial charge in [-0.25, -0.2) is 8.42 Å². The van der Waals surface area contributed by atoms with Gasteiger partial charge in [-0.15, -0.1) is 0 Å². The molecule has 0 amide bonds. The lowest BCUT2D eigenvalue weighted by Crippen LogP contribution is -2.20. The summed E-state index contributed by atoms with van der Waals surface area (Å²) in [5.74, 6) is 0. The molecule has 0 saturated heterocycles. The van der Waals surface area contributed by atoms with Crippen molar-refractivity contribution < 1.29 is 34.8 Å². The van der Waals surface area contributed by atoms with Crippen LogP contribution < -0.4 is 10.6 Å². The van der Waals surface area contributed by atoms with Gasteiger partial charge in [0.15, 0.2) is 0 Å². The zero-order valence-corrected chi connectivity index (χ0v) is 12.9. The average Bonchev–Trinajstić information content (AvgIpc) is 2.45. The normalized spacial score (nSPS) is 12.7. The summed E-state index contributed by atoms with van der Waals surface area (Å²) in [6.07, 6.45) is -9.33. The van der Waals surface area contributed by atoms with Gasteiger partial charge in [0, 0.05) is 11.4 Å². The molecule has 2 N–H and O–H groups in total. The predicted molar refractivity (Wildman–Crippen MR) is 77.7 cm³/mol. The highest BCUT2D eigenvalue weighted by molar-refractivity contribution is 7.91. The summed E-state index contributed by atoms with van der Waals surface area (Å²) in [5.41, 5.74) is -0.702. The SMILES string of the molecule is O=S(=O)(c1ccc(NC(F)(F)F)cc1)c1ccc(NC(F)(F)F)cc1. The molecule has 4 nitrogen and oxygen atoms in total. The Bertz CT molecular complexity index is 762. The van der Waals surface area contributed by atoms with Crippen LogP contribution in [-0.2, 0) is 9.84 Å². The number of alkyl halides is 6. The third kappa shape index (κ3) is 5.28. The van der Waals surface area contributed by atoms with Crippen molar-refractivity contribution in [3.05, 3.63) is 48.5 Å². The van der Waals surface area contributed by atoms with E-state index < -0.39 is 22.4 Å². The molecule has 0 heterocycles. The topological polar surface area (TPSA) is 58.2 Å². The summed E-state index contributed by atoms with van der Waals surface area (Å²) in [6.45, 7) is 0. The van der Waals surface area contributed by atoms with Gasteiger partial charge >= 0.3 is 12.6 Å². The Morgan fingerprint density at radius 1 is 0.600 bits per heavy atom. The maximum Gasteiger partial charge on any atom is 0.482 e. The van der Waals surface area contributed by atoms with Gasteiger partial charge in [0.1, 0.15) is 0 Å². The van der Waals surface area contributed by atoms with Crippen molar-refractivity contribution in [3.63, 3.8) is 0 Å². The van der Waals surface area contributed by atoms with Crippen LogP contribution in [0.4, 0.5) is 37.7 Å². The largest absolute Gasteiger partial charge is 0.482 e. The van der Waals surface area contributed by atoms with Crippen molar-refractivity contribution in [1.29, 1.82) is 0 Å². The summed E-state index contributed by atoms with van der Waals surface area (Å²) < 4.78 is 97.8. The highest BCUT2D eigenvalue weighted by Crippen LogP contribution is 2.27. The van der Waals surface area contributed by atoms with E-state index in [1.807, 2.05) is 0 Å². The molecular formula is C14H10F6N2O2S. The van der Waals surface area contributed by atoms with Crippen LogP contribution in [0.15, 0.2) is 58.3 Å². The van der Waals surface area contributed by atoms with Crippen molar-refractivity contribution in [2.45, 2.75) is 22.4 Å².